The maximum absolute atomic E-state index is 15.1. The molecule has 0 aliphatic heterocycles. The van der Waals surface area contributed by atoms with Crippen LogP contribution in [0.5, 0.6) is 0 Å². The molecule has 0 unspecified atom stereocenters. The van der Waals surface area contributed by atoms with Gasteiger partial charge in [-0.25, -0.2) is 0 Å². The summed E-state index contributed by atoms with van der Waals surface area (Å²) in [6.45, 7) is 18.3. The summed E-state index contributed by atoms with van der Waals surface area (Å²) in [7, 11) is 0. The molecule has 4 aliphatic rings. The predicted octanol–water partition coefficient (Wildman–Crippen LogP) is 35.0. The van der Waals surface area contributed by atoms with E-state index in [1.807, 2.05) is 83.4 Å². The lowest BCUT2D eigenvalue weighted by Gasteiger charge is -2.36. The van der Waals surface area contributed by atoms with Crippen LogP contribution in [-0.2, 0) is 62.2 Å². The Labute approximate surface area is 810 Å². The Balaban J connectivity index is 1.04. The molecule has 0 saturated carbocycles. The molecule has 0 radical (unpaired) electrons. The SMILES string of the molecule is CCCCCCc1ccc(C2(c3ccc(CCCCCC)cc3)c3cc4c(cc3-c3sc(-c5cc(CCCCCC)c(/C=C6\C(=O)c7ccccc7C6=C(C#N)C#N)cc5CCCCCC)cc32)C(c2ccc(CCCCCC)cc2)(c2ccc(CCCCCC)cc2)c2cc(-c3cc(CCCCCC)c(/C=C5\C(=O)c6ccccc6C5=C(C#N)C#N)cc3CCCCCC)sc2-4)cc1. The standard InChI is InChI=1S/C126H138N4O2S2/c1-9-17-25-33-45-87-57-65-99(66-58-87)125(100-67-59-88(60-68-100)46-34-26-18-10-2)113-79-110-114(80-109(113)123-115(125)81-117(133-123)107-75-91(49-37-29-21-13-5)95(73-93(107)51-39-31-23-15-7)77-111-119(97(83-127)84-128)103-53-41-43-55-105(103)121(111)131)126(101-69-61-89(62-70-101)47-35-27-19-11-3,102-71-63-90(64-72-102)48-36-28-20-12-4)116-82-118(134-124(110)116)108-76-92(50-38-30-22-14-6)96(74-94(108)52-40-32-24-16-8)78-112-120(98(85-129)86-130)104-54-42-44-56-106(104)122(112)132/h41-44,53-82H,9-40,45-52H2,1-8H3/b111-77-,112-78-. The summed E-state index contributed by atoms with van der Waals surface area (Å²) in [5, 5.41) is 42.8. The number of hydrogen-bond donors (Lipinski definition) is 0. The number of Topliss-reactive ketones (excluding diaryl/α,β-unsaturated/α-hetero) is 2. The largest absolute Gasteiger partial charge is 0.289 e. The number of ketones is 2. The van der Waals surface area contributed by atoms with E-state index in [1.54, 1.807) is 0 Å². The minimum Gasteiger partial charge on any atom is -0.289 e. The molecule has 9 aromatic carbocycles. The van der Waals surface area contributed by atoms with Gasteiger partial charge in [0.15, 0.2) is 11.6 Å². The van der Waals surface area contributed by atoms with Crippen molar-refractivity contribution in [1.82, 2.24) is 0 Å². The zero-order chi connectivity index (χ0) is 93.5. The van der Waals surface area contributed by atoms with Crippen LogP contribution >= 0.6 is 22.7 Å². The van der Waals surface area contributed by atoms with Crippen molar-refractivity contribution in [2.45, 2.75) is 323 Å². The van der Waals surface area contributed by atoms with E-state index in [4.69, 9.17) is 0 Å². The van der Waals surface area contributed by atoms with Crippen LogP contribution < -0.4 is 0 Å². The fourth-order valence-corrected chi connectivity index (χ4v) is 24.7. The van der Waals surface area contributed by atoms with Gasteiger partial charge in [-0.15, -0.1) is 22.7 Å². The van der Waals surface area contributed by atoms with Crippen LogP contribution in [0.1, 0.15) is 393 Å². The van der Waals surface area contributed by atoms with Crippen LogP contribution in [0.4, 0.5) is 0 Å². The number of carbonyl (C=O) groups is 2. The lowest BCUT2D eigenvalue weighted by atomic mass is 9.65. The quantitative estimate of drug-likeness (QED) is 0.0212. The molecule has 2 heterocycles. The van der Waals surface area contributed by atoms with Gasteiger partial charge in [0.05, 0.1) is 10.8 Å². The number of allylic oxidation sites excluding steroid dienone is 6. The molecule has 2 aromatic heterocycles. The number of carbonyl (C=O) groups excluding carboxylic acids is 2. The van der Waals surface area contributed by atoms with Gasteiger partial charge in [-0.3, -0.25) is 9.59 Å². The molecule has 0 spiro atoms. The van der Waals surface area contributed by atoms with E-state index in [1.165, 1.54) is 208 Å². The van der Waals surface area contributed by atoms with E-state index in [-0.39, 0.29) is 22.7 Å². The van der Waals surface area contributed by atoms with Gasteiger partial charge < -0.3 is 0 Å². The first-order valence-corrected chi connectivity index (χ1v) is 53.5. The first kappa shape index (κ1) is 97.2. The fourth-order valence-electron chi connectivity index (χ4n) is 22.1. The van der Waals surface area contributed by atoms with E-state index < -0.39 is 10.8 Å². The molecule has 686 valence electrons. The van der Waals surface area contributed by atoms with Crippen LogP contribution in [0.25, 0.3) is 65.1 Å². The normalized spacial score (nSPS) is 14.1. The molecule has 0 atom stereocenters. The van der Waals surface area contributed by atoms with Gasteiger partial charge in [0.1, 0.15) is 35.4 Å². The van der Waals surface area contributed by atoms with Crippen molar-refractivity contribution in [3.05, 3.63) is 339 Å². The number of nitrogens with zero attached hydrogens (tertiary/aromatic N) is 4. The first-order valence-electron chi connectivity index (χ1n) is 51.8. The maximum atomic E-state index is 15.1. The minimum absolute atomic E-state index is 0.0488. The fraction of sp³-hybridized carbons (Fsp3) is 0.397. The Hall–Kier alpha value is -11.4. The lowest BCUT2D eigenvalue weighted by molar-refractivity contribution is 0.103. The van der Waals surface area contributed by atoms with E-state index in [0.717, 1.165) is 191 Å². The van der Waals surface area contributed by atoms with Crippen LogP contribution in [0.3, 0.4) is 0 Å². The van der Waals surface area contributed by atoms with Gasteiger partial charge in [0, 0.05) is 52.9 Å². The van der Waals surface area contributed by atoms with Crippen molar-refractivity contribution in [3.8, 4) is 66.0 Å². The molecule has 0 bridgehead atoms. The van der Waals surface area contributed by atoms with Gasteiger partial charge in [-0.1, -0.05) is 367 Å². The van der Waals surface area contributed by atoms with Gasteiger partial charge in [-0.2, -0.15) is 21.0 Å². The first-order chi connectivity index (χ1) is 65.8. The summed E-state index contributed by atoms with van der Waals surface area (Å²) in [6.07, 6.45) is 47.7. The second-order valence-corrected chi connectivity index (χ2v) is 40.8. The van der Waals surface area contributed by atoms with Crippen LogP contribution in [-0.4, -0.2) is 11.6 Å². The van der Waals surface area contributed by atoms with Gasteiger partial charge in [0.2, 0.25) is 0 Å². The Morgan fingerprint density at radius 1 is 0.269 bits per heavy atom. The van der Waals surface area contributed by atoms with Gasteiger partial charge >= 0.3 is 0 Å². The number of thiophene rings is 2. The third-order valence-corrected chi connectivity index (χ3v) is 31.9. The monoisotopic (exact) mass is 1800 g/mol. The number of unbranched alkanes of at least 4 members (excludes halogenated alkanes) is 24. The summed E-state index contributed by atoms with van der Waals surface area (Å²) in [5.74, 6) is -0.310. The van der Waals surface area contributed by atoms with Crippen LogP contribution in [0.2, 0.25) is 0 Å². The molecular weight excluding hydrogens is 1670 g/mol. The maximum Gasteiger partial charge on any atom is 0.194 e. The summed E-state index contributed by atoms with van der Waals surface area (Å²) in [6, 6.07) is 84.3. The molecule has 0 N–H and O–H groups in total. The summed E-state index contributed by atoms with van der Waals surface area (Å²) in [4.78, 5) is 35.1. The number of hydrogen-bond acceptors (Lipinski definition) is 8. The highest BCUT2D eigenvalue weighted by Crippen LogP contribution is 2.67. The number of aryl methyl sites for hydroxylation is 8. The van der Waals surface area contributed by atoms with Crippen molar-refractivity contribution in [2.24, 2.45) is 0 Å². The highest BCUT2D eigenvalue weighted by atomic mass is 32.1. The minimum atomic E-state index is -0.810. The van der Waals surface area contributed by atoms with Crippen LogP contribution in [0.15, 0.2) is 216 Å². The molecule has 6 nitrogen and oxygen atoms in total. The molecule has 0 fully saturated rings. The van der Waals surface area contributed by atoms with Crippen molar-refractivity contribution in [1.29, 1.82) is 21.0 Å². The molecule has 134 heavy (non-hydrogen) atoms. The molecule has 4 aliphatic carbocycles. The van der Waals surface area contributed by atoms with E-state index in [2.05, 4.69) is 225 Å². The zero-order valence-electron chi connectivity index (χ0n) is 81.3. The molecule has 11 aromatic rings. The highest BCUT2D eigenvalue weighted by molar-refractivity contribution is 7.19. The summed E-state index contributed by atoms with van der Waals surface area (Å²) < 4.78 is 0. The van der Waals surface area contributed by atoms with E-state index >= 15 is 9.59 Å². The average Bonchev–Trinajstić information content (AvgIpc) is 1.50. The molecular formula is C126H138N4O2S2. The van der Waals surface area contributed by atoms with E-state index in [9.17, 15) is 21.0 Å². The Morgan fingerprint density at radius 3 is 0.799 bits per heavy atom. The molecule has 8 heteroatoms. The third-order valence-electron chi connectivity index (χ3n) is 29.5. The Bertz CT molecular complexity index is 5790. The van der Waals surface area contributed by atoms with Crippen molar-refractivity contribution < 1.29 is 9.59 Å². The van der Waals surface area contributed by atoms with Crippen LogP contribution in [0, 0.1) is 45.3 Å². The Kier molecular flexibility index (Phi) is 33.9. The highest BCUT2D eigenvalue weighted by Gasteiger charge is 2.54. The number of benzene rings is 9. The molecule has 15 rings (SSSR count). The topological polar surface area (TPSA) is 129 Å². The molecule has 0 amide bonds. The number of rotatable bonds is 48. The molecule has 0 saturated heterocycles. The number of fused-ring (bicyclic) bond motifs is 8. The summed E-state index contributed by atoms with van der Waals surface area (Å²) >= 11 is 3.93. The van der Waals surface area contributed by atoms with Gasteiger partial charge in [0.25, 0.3) is 0 Å². The zero-order valence-corrected chi connectivity index (χ0v) is 83.0. The van der Waals surface area contributed by atoms with Crippen molar-refractivity contribution in [2.75, 3.05) is 0 Å². The number of nitriles is 4. The average molecular weight is 1800 g/mol. The Morgan fingerprint density at radius 2 is 0.530 bits per heavy atom. The second kappa shape index (κ2) is 46.7. The van der Waals surface area contributed by atoms with Crippen molar-refractivity contribution >= 4 is 57.5 Å². The smallest absolute Gasteiger partial charge is 0.194 e. The summed E-state index contributed by atoms with van der Waals surface area (Å²) in [5.41, 5.74) is 29.7. The lowest BCUT2D eigenvalue weighted by Crippen LogP contribution is -2.30. The predicted molar refractivity (Wildman–Crippen MR) is 564 cm³/mol. The van der Waals surface area contributed by atoms with Crippen molar-refractivity contribution in [3.63, 3.8) is 0 Å². The van der Waals surface area contributed by atoms with Gasteiger partial charge in [-0.05, 0) is 285 Å². The van der Waals surface area contributed by atoms with E-state index in [0.29, 0.717) is 44.5 Å². The third kappa shape index (κ3) is 20.4. The second-order valence-electron chi connectivity index (χ2n) is 38.7.